The van der Waals surface area contributed by atoms with Gasteiger partial charge < -0.3 is 0 Å². The number of halogens is 2. The highest BCUT2D eigenvalue weighted by molar-refractivity contribution is 7.99. The van der Waals surface area contributed by atoms with Gasteiger partial charge in [0.05, 0.1) is 5.69 Å². The zero-order valence-corrected chi connectivity index (χ0v) is 10.9. The molecule has 0 saturated carbocycles. The molecule has 98 valence electrons. The summed E-state index contributed by atoms with van der Waals surface area (Å²) in [6, 6.07) is 13.5. The van der Waals surface area contributed by atoms with Crippen LogP contribution in [0.4, 0.5) is 8.78 Å². The van der Waals surface area contributed by atoms with Gasteiger partial charge in [0.25, 0.3) is 6.08 Å². The van der Waals surface area contributed by atoms with Crippen LogP contribution in [0.1, 0.15) is 6.42 Å². The van der Waals surface area contributed by atoms with Crippen LogP contribution in [-0.2, 0) is 0 Å². The van der Waals surface area contributed by atoms with Crippen LogP contribution in [-0.4, -0.2) is 16.0 Å². The molecule has 1 heterocycles. The first-order valence-electron chi connectivity index (χ1n) is 5.79. The van der Waals surface area contributed by atoms with E-state index in [1.807, 2.05) is 42.5 Å². The van der Waals surface area contributed by atoms with Gasteiger partial charge in [-0.15, -0.1) is 22.0 Å². The number of nitrogens with zero attached hydrogens (tertiary/aromatic N) is 2. The molecule has 0 unspecified atom stereocenters. The third-order valence-corrected chi connectivity index (χ3v) is 3.33. The number of benzene rings is 1. The lowest BCUT2D eigenvalue weighted by Gasteiger charge is -2.01. The Labute approximate surface area is 114 Å². The third kappa shape index (κ3) is 4.44. The average molecular weight is 278 g/mol. The van der Waals surface area contributed by atoms with Crippen molar-refractivity contribution < 1.29 is 8.78 Å². The Hall–Kier alpha value is -1.75. The Morgan fingerprint density at radius 3 is 2.47 bits per heavy atom. The highest BCUT2D eigenvalue weighted by Gasteiger charge is 2.01. The molecule has 0 amide bonds. The minimum absolute atomic E-state index is 0.328. The second-order valence-corrected chi connectivity index (χ2v) is 4.87. The maximum absolute atomic E-state index is 11.8. The minimum atomic E-state index is -1.63. The molecule has 2 rings (SSSR count). The summed E-state index contributed by atoms with van der Waals surface area (Å²) in [5.41, 5.74) is 1.81. The molecule has 0 aliphatic carbocycles. The van der Waals surface area contributed by atoms with Crippen molar-refractivity contribution in [1.82, 2.24) is 10.2 Å². The van der Waals surface area contributed by atoms with Gasteiger partial charge in [0.15, 0.2) is 0 Å². The predicted octanol–water partition coefficient (Wildman–Crippen LogP) is 4.41. The van der Waals surface area contributed by atoms with E-state index in [4.69, 9.17) is 0 Å². The van der Waals surface area contributed by atoms with Gasteiger partial charge in [-0.1, -0.05) is 30.3 Å². The van der Waals surface area contributed by atoms with E-state index in [2.05, 4.69) is 10.2 Å². The number of thioether (sulfide) groups is 1. The second kappa shape index (κ2) is 6.99. The summed E-state index contributed by atoms with van der Waals surface area (Å²) in [7, 11) is 0. The molecule has 1 aromatic heterocycles. The number of rotatable bonds is 5. The van der Waals surface area contributed by atoms with Crippen molar-refractivity contribution in [3.05, 3.63) is 54.6 Å². The molecule has 0 aliphatic heterocycles. The Morgan fingerprint density at radius 2 is 1.84 bits per heavy atom. The van der Waals surface area contributed by atoms with E-state index >= 15 is 0 Å². The summed E-state index contributed by atoms with van der Waals surface area (Å²) in [6.07, 6.45) is -0.389. The fourth-order valence-corrected chi connectivity index (χ4v) is 2.20. The van der Waals surface area contributed by atoms with E-state index in [0.717, 1.165) is 22.4 Å². The SMILES string of the molecule is FC(F)=CCCSc1ccc(-c2ccccc2)nn1. The van der Waals surface area contributed by atoms with E-state index in [9.17, 15) is 8.78 Å². The van der Waals surface area contributed by atoms with Crippen molar-refractivity contribution in [1.29, 1.82) is 0 Å². The van der Waals surface area contributed by atoms with Gasteiger partial charge in [-0.25, -0.2) is 0 Å². The van der Waals surface area contributed by atoms with Crippen LogP contribution in [0, 0.1) is 0 Å². The van der Waals surface area contributed by atoms with E-state index in [1.54, 1.807) is 0 Å². The van der Waals surface area contributed by atoms with Gasteiger partial charge >= 0.3 is 0 Å². The standard InChI is InChI=1S/C14H12F2N2S/c15-13(16)7-4-10-19-14-9-8-12(17-18-14)11-5-2-1-3-6-11/h1-3,5-9H,4,10H2. The second-order valence-electron chi connectivity index (χ2n) is 3.75. The average Bonchev–Trinajstić information content (AvgIpc) is 2.45. The third-order valence-electron chi connectivity index (χ3n) is 2.38. The highest BCUT2D eigenvalue weighted by atomic mass is 32.2. The first-order valence-corrected chi connectivity index (χ1v) is 6.77. The summed E-state index contributed by atoms with van der Waals surface area (Å²) in [4.78, 5) is 0. The zero-order valence-electron chi connectivity index (χ0n) is 10.1. The normalized spacial score (nSPS) is 10.2. The molecule has 0 saturated heterocycles. The first-order chi connectivity index (χ1) is 9.25. The van der Waals surface area contributed by atoms with Crippen LogP contribution in [0.3, 0.4) is 0 Å². The molecule has 0 fully saturated rings. The van der Waals surface area contributed by atoms with Crippen molar-refractivity contribution in [3.8, 4) is 11.3 Å². The Kier molecular flexibility index (Phi) is 5.03. The predicted molar refractivity (Wildman–Crippen MR) is 73.1 cm³/mol. The fraction of sp³-hybridized carbons (Fsp3) is 0.143. The van der Waals surface area contributed by atoms with Crippen LogP contribution in [0.25, 0.3) is 11.3 Å². The van der Waals surface area contributed by atoms with E-state index in [0.29, 0.717) is 12.2 Å². The maximum atomic E-state index is 11.8. The number of hydrogen-bond acceptors (Lipinski definition) is 3. The Balaban J connectivity index is 1.94. The van der Waals surface area contributed by atoms with Crippen molar-refractivity contribution in [2.75, 3.05) is 5.75 Å². The van der Waals surface area contributed by atoms with Crippen molar-refractivity contribution in [2.45, 2.75) is 11.4 Å². The smallest absolute Gasteiger partial charge is 0.174 e. The van der Waals surface area contributed by atoms with Crippen LogP contribution < -0.4 is 0 Å². The van der Waals surface area contributed by atoms with E-state index in [1.165, 1.54) is 11.8 Å². The maximum Gasteiger partial charge on any atom is 0.266 e. The summed E-state index contributed by atoms with van der Waals surface area (Å²) in [6.45, 7) is 0. The molecule has 0 spiro atoms. The molecule has 2 aromatic rings. The highest BCUT2D eigenvalue weighted by Crippen LogP contribution is 2.20. The lowest BCUT2D eigenvalue weighted by atomic mass is 10.1. The van der Waals surface area contributed by atoms with Crippen molar-refractivity contribution in [2.24, 2.45) is 0 Å². The molecule has 0 radical (unpaired) electrons. The zero-order chi connectivity index (χ0) is 13.5. The quantitative estimate of drug-likeness (QED) is 0.598. The lowest BCUT2D eigenvalue weighted by molar-refractivity contribution is 0.418. The minimum Gasteiger partial charge on any atom is -0.174 e. The van der Waals surface area contributed by atoms with Crippen LogP contribution >= 0.6 is 11.8 Å². The van der Waals surface area contributed by atoms with Crippen molar-refractivity contribution in [3.63, 3.8) is 0 Å². The molecule has 0 aliphatic rings. The Bertz CT molecular complexity index is 537. The van der Waals surface area contributed by atoms with E-state index < -0.39 is 6.08 Å². The molecule has 1 aromatic carbocycles. The van der Waals surface area contributed by atoms with Gasteiger partial charge in [-0.05, 0) is 24.6 Å². The van der Waals surface area contributed by atoms with Crippen LogP contribution in [0.15, 0.2) is 59.6 Å². The number of hydrogen-bond donors (Lipinski definition) is 0. The van der Waals surface area contributed by atoms with Gasteiger partial charge in [0.1, 0.15) is 5.03 Å². The molecule has 0 N–H and O–H groups in total. The monoisotopic (exact) mass is 278 g/mol. The van der Waals surface area contributed by atoms with Gasteiger partial charge in [0, 0.05) is 11.3 Å². The summed E-state index contributed by atoms with van der Waals surface area (Å²) in [5, 5.41) is 8.95. The molecule has 0 bridgehead atoms. The van der Waals surface area contributed by atoms with Gasteiger partial charge in [-0.2, -0.15) is 8.78 Å². The molecular formula is C14H12F2N2S. The number of aromatic nitrogens is 2. The summed E-state index contributed by atoms with van der Waals surface area (Å²) >= 11 is 1.41. The lowest BCUT2D eigenvalue weighted by Crippen LogP contribution is -1.89. The number of allylic oxidation sites excluding steroid dienone is 1. The fourth-order valence-electron chi connectivity index (χ4n) is 1.49. The van der Waals surface area contributed by atoms with Crippen LogP contribution in [0.5, 0.6) is 0 Å². The summed E-state index contributed by atoms with van der Waals surface area (Å²) < 4.78 is 23.7. The molecule has 2 nitrogen and oxygen atoms in total. The molecular weight excluding hydrogens is 266 g/mol. The van der Waals surface area contributed by atoms with Gasteiger partial charge in [-0.3, -0.25) is 0 Å². The Morgan fingerprint density at radius 1 is 1.05 bits per heavy atom. The van der Waals surface area contributed by atoms with E-state index in [-0.39, 0.29) is 0 Å². The molecule has 5 heteroatoms. The van der Waals surface area contributed by atoms with Crippen molar-refractivity contribution >= 4 is 11.8 Å². The van der Waals surface area contributed by atoms with Gasteiger partial charge in [0.2, 0.25) is 0 Å². The van der Waals surface area contributed by atoms with Crippen LogP contribution in [0.2, 0.25) is 0 Å². The topological polar surface area (TPSA) is 25.8 Å². The molecule has 19 heavy (non-hydrogen) atoms. The first kappa shape index (κ1) is 13.7. The molecule has 0 atom stereocenters. The largest absolute Gasteiger partial charge is 0.266 e. The summed E-state index contributed by atoms with van der Waals surface area (Å²) in [5.74, 6) is 0.566.